The molecule has 5 nitrogen and oxygen atoms in total. The topological polar surface area (TPSA) is 78.9 Å². The van der Waals surface area contributed by atoms with E-state index in [1.165, 1.54) is 28.8 Å². The van der Waals surface area contributed by atoms with E-state index < -0.39 is 28.8 Å². The molecule has 1 aliphatic heterocycles. The number of benzene rings is 1. The molecule has 0 radical (unpaired) electrons. The number of halogens is 2. The van der Waals surface area contributed by atoms with Gasteiger partial charge in [0.2, 0.25) is 0 Å². The van der Waals surface area contributed by atoms with Gasteiger partial charge in [-0.05, 0) is 51.7 Å². The van der Waals surface area contributed by atoms with E-state index in [4.69, 9.17) is 10.7 Å². The zero-order valence-electron chi connectivity index (χ0n) is 15.8. The first-order valence-electron chi connectivity index (χ1n) is 9.07. The van der Waals surface area contributed by atoms with Crippen molar-refractivity contribution in [2.75, 3.05) is 11.5 Å². The summed E-state index contributed by atoms with van der Waals surface area (Å²) in [4.78, 5) is 17.8. The lowest BCUT2D eigenvalue weighted by molar-refractivity contribution is 0.139. The number of amides is 1. The van der Waals surface area contributed by atoms with Crippen LogP contribution in [-0.2, 0) is 5.54 Å². The summed E-state index contributed by atoms with van der Waals surface area (Å²) in [6.45, 7) is 5.31. The SMILES string of the molecule is CC(C)(C)N(C(=O)O)C1=N[C@@]2(c3c(F)ccc(N)c3F)CCCC[C@H]2CS1. The fraction of sp³-hybridized carbons (Fsp3) is 0.579. The largest absolute Gasteiger partial charge is 0.465 e. The number of carbonyl (C=O) groups is 1. The maximum atomic E-state index is 15.0. The molecule has 3 rings (SSSR count). The highest BCUT2D eigenvalue weighted by atomic mass is 32.2. The Morgan fingerprint density at radius 2 is 2.07 bits per heavy atom. The summed E-state index contributed by atoms with van der Waals surface area (Å²) < 4.78 is 29.8. The van der Waals surface area contributed by atoms with Gasteiger partial charge in [-0.3, -0.25) is 4.90 Å². The molecule has 0 saturated heterocycles. The van der Waals surface area contributed by atoms with Crippen molar-refractivity contribution < 1.29 is 18.7 Å². The molecule has 148 valence electrons. The number of nitrogens with two attached hydrogens (primary N) is 1. The molecule has 1 heterocycles. The summed E-state index contributed by atoms with van der Waals surface area (Å²) in [6.07, 6.45) is 1.86. The minimum absolute atomic E-state index is 0.0681. The van der Waals surface area contributed by atoms with Gasteiger partial charge in [0.15, 0.2) is 11.0 Å². The summed E-state index contributed by atoms with van der Waals surface area (Å²) in [6, 6.07) is 2.38. The van der Waals surface area contributed by atoms with Gasteiger partial charge >= 0.3 is 6.09 Å². The lowest BCUT2D eigenvalue weighted by Crippen LogP contribution is -2.52. The number of hydrogen-bond acceptors (Lipinski definition) is 4. The van der Waals surface area contributed by atoms with E-state index >= 15 is 0 Å². The van der Waals surface area contributed by atoms with Gasteiger partial charge in [0.1, 0.15) is 5.82 Å². The molecule has 2 aliphatic rings. The molecule has 8 heteroatoms. The number of amidine groups is 1. The van der Waals surface area contributed by atoms with Gasteiger partial charge in [-0.25, -0.2) is 18.6 Å². The van der Waals surface area contributed by atoms with Crippen LogP contribution < -0.4 is 5.73 Å². The minimum Gasteiger partial charge on any atom is -0.465 e. The van der Waals surface area contributed by atoms with Gasteiger partial charge < -0.3 is 10.8 Å². The second kappa shape index (κ2) is 6.96. The van der Waals surface area contributed by atoms with Crippen LogP contribution in [0, 0.1) is 17.6 Å². The van der Waals surface area contributed by atoms with Crippen molar-refractivity contribution in [3.05, 3.63) is 29.3 Å². The van der Waals surface area contributed by atoms with Crippen molar-refractivity contribution in [3.8, 4) is 0 Å². The lowest BCUT2D eigenvalue weighted by Gasteiger charge is -2.47. The minimum atomic E-state index is -1.13. The number of carboxylic acid groups (broad SMARTS) is 1. The van der Waals surface area contributed by atoms with Gasteiger partial charge in [-0.2, -0.15) is 0 Å². The molecule has 0 spiro atoms. The van der Waals surface area contributed by atoms with Crippen LogP contribution in [0.2, 0.25) is 0 Å². The van der Waals surface area contributed by atoms with Crippen LogP contribution in [0.3, 0.4) is 0 Å². The Kier molecular flexibility index (Phi) is 5.14. The highest BCUT2D eigenvalue weighted by molar-refractivity contribution is 8.13. The van der Waals surface area contributed by atoms with Crippen LogP contribution in [0.4, 0.5) is 19.3 Å². The molecule has 0 unspecified atom stereocenters. The summed E-state index contributed by atoms with van der Waals surface area (Å²) >= 11 is 1.34. The maximum Gasteiger partial charge on any atom is 0.413 e. The van der Waals surface area contributed by atoms with Gasteiger partial charge in [-0.15, -0.1) is 0 Å². The third kappa shape index (κ3) is 3.39. The van der Waals surface area contributed by atoms with Crippen molar-refractivity contribution in [2.45, 2.75) is 57.5 Å². The lowest BCUT2D eigenvalue weighted by atomic mass is 9.69. The zero-order valence-corrected chi connectivity index (χ0v) is 16.6. The molecule has 1 fully saturated rings. The molecular weight excluding hydrogens is 372 g/mol. The number of aliphatic imine (C=N–C) groups is 1. The molecule has 1 aromatic rings. The van der Waals surface area contributed by atoms with Crippen LogP contribution in [0.25, 0.3) is 0 Å². The van der Waals surface area contributed by atoms with Crippen LogP contribution in [0.15, 0.2) is 17.1 Å². The number of fused-ring (bicyclic) bond motifs is 1. The molecular formula is C19H25F2N3O2S. The Labute approximate surface area is 162 Å². The van der Waals surface area contributed by atoms with Crippen molar-refractivity contribution in [1.82, 2.24) is 4.90 Å². The second-order valence-electron chi connectivity index (χ2n) is 8.19. The summed E-state index contributed by atoms with van der Waals surface area (Å²) in [5, 5.41) is 10.0. The highest BCUT2D eigenvalue weighted by Gasteiger charge is 2.50. The number of thioether (sulfide) groups is 1. The van der Waals surface area contributed by atoms with Crippen LogP contribution >= 0.6 is 11.8 Å². The summed E-state index contributed by atoms with van der Waals surface area (Å²) in [5.74, 6) is -0.969. The average molecular weight is 397 g/mol. The monoisotopic (exact) mass is 397 g/mol. The van der Waals surface area contributed by atoms with E-state index in [1.807, 2.05) is 0 Å². The van der Waals surface area contributed by atoms with Crippen LogP contribution in [-0.4, -0.2) is 32.6 Å². The predicted molar refractivity (Wildman–Crippen MR) is 104 cm³/mol. The Balaban J connectivity index is 2.23. The Morgan fingerprint density at radius 3 is 2.70 bits per heavy atom. The van der Waals surface area contributed by atoms with Crippen molar-refractivity contribution in [1.29, 1.82) is 0 Å². The molecule has 2 atom stereocenters. The molecule has 1 aliphatic carbocycles. The molecule has 1 aromatic carbocycles. The van der Waals surface area contributed by atoms with E-state index in [0.717, 1.165) is 19.3 Å². The molecule has 0 bridgehead atoms. The number of anilines is 1. The Hall–Kier alpha value is -1.83. The van der Waals surface area contributed by atoms with Gasteiger partial charge in [0, 0.05) is 11.3 Å². The number of nitrogen functional groups attached to an aromatic ring is 1. The number of rotatable bonds is 1. The van der Waals surface area contributed by atoms with Gasteiger partial charge in [-0.1, -0.05) is 24.6 Å². The Bertz CT molecular complexity index is 794. The standard InChI is InChI=1S/C19H25F2N3O2S/c1-18(2,3)24(17(25)26)16-23-19(9-5-4-6-11(19)10-27-16)14-12(20)7-8-13(22)15(14)21/h7-8,11H,4-6,9-10,22H2,1-3H3,(H,25,26)/t11-,19-/m0/s1. The summed E-state index contributed by atoms with van der Waals surface area (Å²) in [5.41, 5.74) is 3.63. The third-order valence-corrected chi connectivity index (χ3v) is 6.45. The number of hydrogen-bond donors (Lipinski definition) is 2. The highest BCUT2D eigenvalue weighted by Crippen LogP contribution is 2.51. The number of nitrogens with zero attached hydrogens (tertiary/aromatic N) is 2. The molecule has 0 aromatic heterocycles. The third-order valence-electron chi connectivity index (χ3n) is 5.35. The fourth-order valence-corrected chi connectivity index (χ4v) is 5.60. The van der Waals surface area contributed by atoms with Gasteiger partial charge in [0.25, 0.3) is 0 Å². The maximum absolute atomic E-state index is 15.0. The normalized spacial score (nSPS) is 25.5. The molecule has 1 amide bonds. The Morgan fingerprint density at radius 1 is 1.37 bits per heavy atom. The van der Waals surface area contributed by atoms with E-state index in [1.54, 1.807) is 20.8 Å². The first kappa shape index (κ1) is 19.9. The smallest absolute Gasteiger partial charge is 0.413 e. The van der Waals surface area contributed by atoms with Gasteiger partial charge in [0.05, 0.1) is 16.8 Å². The molecule has 3 N–H and O–H groups in total. The van der Waals surface area contributed by atoms with E-state index in [-0.39, 0.29) is 22.3 Å². The second-order valence-corrected chi connectivity index (χ2v) is 9.17. The van der Waals surface area contributed by atoms with E-state index in [0.29, 0.717) is 12.2 Å². The van der Waals surface area contributed by atoms with E-state index in [2.05, 4.69) is 0 Å². The van der Waals surface area contributed by atoms with Crippen molar-refractivity contribution in [3.63, 3.8) is 0 Å². The molecule has 27 heavy (non-hydrogen) atoms. The molecule has 1 saturated carbocycles. The predicted octanol–water partition coefficient (Wildman–Crippen LogP) is 4.81. The average Bonchev–Trinajstić information content (AvgIpc) is 2.56. The van der Waals surface area contributed by atoms with Crippen molar-refractivity contribution >= 4 is 28.7 Å². The quantitative estimate of drug-likeness (QED) is 0.666. The van der Waals surface area contributed by atoms with Crippen molar-refractivity contribution in [2.24, 2.45) is 10.9 Å². The van der Waals surface area contributed by atoms with Crippen LogP contribution in [0.5, 0.6) is 0 Å². The van der Waals surface area contributed by atoms with Crippen LogP contribution in [0.1, 0.15) is 52.0 Å². The first-order chi connectivity index (χ1) is 12.6. The van der Waals surface area contributed by atoms with E-state index in [9.17, 15) is 18.7 Å². The first-order valence-corrected chi connectivity index (χ1v) is 10.1. The zero-order chi connectivity index (χ0) is 20.0. The fourth-order valence-electron chi connectivity index (χ4n) is 4.10. The summed E-state index contributed by atoms with van der Waals surface area (Å²) in [7, 11) is 0.